The van der Waals surface area contributed by atoms with E-state index in [0.29, 0.717) is 17.8 Å². The summed E-state index contributed by atoms with van der Waals surface area (Å²) in [6.07, 6.45) is 2.66. The van der Waals surface area contributed by atoms with Crippen molar-refractivity contribution in [3.8, 4) is 0 Å². The van der Waals surface area contributed by atoms with Crippen molar-refractivity contribution in [1.29, 1.82) is 0 Å². The first-order chi connectivity index (χ1) is 12.3. The van der Waals surface area contributed by atoms with Gasteiger partial charge < -0.3 is 4.74 Å². The number of allylic oxidation sites excluding steroid dienone is 1. The van der Waals surface area contributed by atoms with Gasteiger partial charge in [0.25, 0.3) is 0 Å². The predicted molar refractivity (Wildman–Crippen MR) is 95.3 cm³/mol. The van der Waals surface area contributed by atoms with E-state index in [9.17, 15) is 4.79 Å². The summed E-state index contributed by atoms with van der Waals surface area (Å²) in [5, 5.41) is 0. The van der Waals surface area contributed by atoms with Gasteiger partial charge in [-0.3, -0.25) is 4.79 Å². The molecular weight excluding hydrogens is 308 g/mol. The van der Waals surface area contributed by atoms with Crippen molar-refractivity contribution >= 4 is 11.7 Å². The Morgan fingerprint density at radius 3 is 2.12 bits per heavy atom. The van der Waals surface area contributed by atoms with Crippen molar-refractivity contribution in [3.63, 3.8) is 0 Å². The number of carbonyl (C=O) groups excluding carboxylic acids is 1. The Kier molecular flexibility index (Phi) is 2.69. The van der Waals surface area contributed by atoms with Crippen LogP contribution in [-0.2, 0) is 9.53 Å². The molecule has 8 rings (SSSR count). The summed E-state index contributed by atoms with van der Waals surface area (Å²) in [5.41, 5.74) is 3.64. The van der Waals surface area contributed by atoms with Crippen LogP contribution in [0.5, 0.6) is 0 Å². The second-order valence-corrected chi connectivity index (χ2v) is 7.99. The van der Waals surface area contributed by atoms with Crippen molar-refractivity contribution in [2.45, 2.75) is 18.8 Å². The SMILES string of the molecule is O=C1OC(c2ccccc2)=C2C3C4CC[C@H]3C4[C@H]2[C@H]1c1ccccc1. The first-order valence-electron chi connectivity index (χ1n) is 9.40. The predicted octanol–water partition coefficient (Wildman–Crippen LogP) is 4.64. The van der Waals surface area contributed by atoms with Crippen LogP contribution in [0.15, 0.2) is 66.2 Å². The third kappa shape index (κ3) is 1.67. The van der Waals surface area contributed by atoms with Crippen LogP contribution >= 0.6 is 0 Å². The average Bonchev–Trinajstić information content (AvgIpc) is 3.40. The molecule has 0 spiro atoms. The quantitative estimate of drug-likeness (QED) is 0.751. The number of benzene rings is 2. The van der Waals surface area contributed by atoms with E-state index in [4.69, 9.17) is 4.74 Å². The third-order valence-corrected chi connectivity index (χ3v) is 7.15. The highest BCUT2D eigenvalue weighted by molar-refractivity contribution is 5.89. The molecule has 3 unspecified atom stereocenters. The van der Waals surface area contributed by atoms with Gasteiger partial charge in [0.05, 0.1) is 5.92 Å². The molecule has 6 aliphatic rings. The molecule has 0 radical (unpaired) electrons. The smallest absolute Gasteiger partial charge is 0.319 e. The molecule has 0 amide bonds. The highest BCUT2D eigenvalue weighted by Crippen LogP contribution is 2.75. The third-order valence-electron chi connectivity index (χ3n) is 7.15. The van der Waals surface area contributed by atoms with Crippen LogP contribution in [0.25, 0.3) is 5.76 Å². The fraction of sp³-hybridized carbons (Fsp3) is 0.348. The van der Waals surface area contributed by atoms with Crippen LogP contribution in [0, 0.1) is 29.6 Å². The van der Waals surface area contributed by atoms with E-state index in [1.165, 1.54) is 18.4 Å². The maximum Gasteiger partial charge on any atom is 0.319 e. The van der Waals surface area contributed by atoms with Gasteiger partial charge in [0.15, 0.2) is 0 Å². The van der Waals surface area contributed by atoms with Crippen molar-refractivity contribution in [2.24, 2.45) is 29.6 Å². The molecule has 2 aromatic carbocycles. The first kappa shape index (κ1) is 13.9. The van der Waals surface area contributed by atoms with Crippen molar-refractivity contribution in [2.75, 3.05) is 0 Å². The van der Waals surface area contributed by atoms with Crippen LogP contribution in [0.2, 0.25) is 0 Å². The lowest BCUT2D eigenvalue weighted by Gasteiger charge is -2.36. The Hall–Kier alpha value is -2.35. The molecule has 4 bridgehead atoms. The fourth-order valence-electron chi connectivity index (χ4n) is 6.41. The maximum atomic E-state index is 13.1. The van der Waals surface area contributed by atoms with Gasteiger partial charge >= 0.3 is 5.97 Å². The first-order valence-corrected chi connectivity index (χ1v) is 9.40. The van der Waals surface area contributed by atoms with Gasteiger partial charge in [0, 0.05) is 11.5 Å². The van der Waals surface area contributed by atoms with Gasteiger partial charge in [0.2, 0.25) is 0 Å². The summed E-state index contributed by atoms with van der Waals surface area (Å²) >= 11 is 0. The lowest BCUT2D eigenvalue weighted by molar-refractivity contribution is -0.141. The topological polar surface area (TPSA) is 26.3 Å². The van der Waals surface area contributed by atoms with Crippen LogP contribution in [0.4, 0.5) is 0 Å². The van der Waals surface area contributed by atoms with Crippen molar-refractivity contribution < 1.29 is 9.53 Å². The van der Waals surface area contributed by atoms with Gasteiger partial charge in [0.1, 0.15) is 5.76 Å². The van der Waals surface area contributed by atoms with Gasteiger partial charge in [-0.15, -0.1) is 0 Å². The Bertz CT molecular complexity index is 871. The molecule has 1 aliphatic heterocycles. The normalized spacial score (nSPS) is 37.5. The Morgan fingerprint density at radius 2 is 1.44 bits per heavy atom. The lowest BCUT2D eigenvalue weighted by Crippen LogP contribution is -2.34. The van der Waals surface area contributed by atoms with Crippen LogP contribution in [0.3, 0.4) is 0 Å². The molecule has 1 heterocycles. The van der Waals surface area contributed by atoms with Gasteiger partial charge in [-0.05, 0) is 47.6 Å². The molecule has 5 saturated carbocycles. The van der Waals surface area contributed by atoms with E-state index in [1.807, 2.05) is 36.4 Å². The minimum atomic E-state index is -0.121. The fourth-order valence-corrected chi connectivity index (χ4v) is 6.41. The Labute approximate surface area is 147 Å². The Morgan fingerprint density at radius 1 is 0.800 bits per heavy atom. The number of cyclic esters (lactones) is 1. The van der Waals surface area contributed by atoms with Gasteiger partial charge in [-0.25, -0.2) is 0 Å². The molecule has 124 valence electrons. The van der Waals surface area contributed by atoms with E-state index in [2.05, 4.69) is 24.3 Å². The average molecular weight is 328 g/mol. The van der Waals surface area contributed by atoms with Crippen LogP contribution < -0.4 is 0 Å². The molecule has 2 nitrogen and oxygen atoms in total. The number of ether oxygens (including phenoxy) is 1. The summed E-state index contributed by atoms with van der Waals surface area (Å²) in [4.78, 5) is 13.1. The summed E-state index contributed by atoms with van der Waals surface area (Å²) in [7, 11) is 0. The molecule has 0 saturated heterocycles. The lowest BCUT2D eigenvalue weighted by atomic mass is 9.67. The van der Waals surface area contributed by atoms with Crippen LogP contribution in [0.1, 0.15) is 29.9 Å². The standard InChI is InChI=1S/C23H20O2/c24-23-17(13-7-3-1-4-8-13)20-18-15-11-12-16(18)19(15)21(20)22(25-23)14-9-5-2-6-10-14/h1-10,15-20H,11-12H2/t15-,16?,17+,18?,19?,20+/m0/s1. The number of rotatable bonds is 2. The summed E-state index contributed by atoms with van der Waals surface area (Å²) in [5.74, 6) is 3.95. The zero-order chi connectivity index (χ0) is 16.5. The van der Waals surface area contributed by atoms with E-state index >= 15 is 0 Å². The summed E-state index contributed by atoms with van der Waals surface area (Å²) in [6, 6.07) is 20.5. The molecule has 5 aliphatic carbocycles. The number of hydrogen-bond acceptors (Lipinski definition) is 2. The zero-order valence-corrected chi connectivity index (χ0v) is 14.0. The van der Waals surface area contributed by atoms with Crippen LogP contribution in [-0.4, -0.2) is 5.97 Å². The Balaban J connectivity index is 1.55. The second-order valence-electron chi connectivity index (χ2n) is 7.99. The number of hydrogen-bond donors (Lipinski definition) is 0. The number of esters is 1. The molecule has 0 N–H and O–H groups in total. The molecule has 6 atom stereocenters. The molecular formula is C23H20O2. The molecule has 0 aromatic heterocycles. The highest BCUT2D eigenvalue weighted by atomic mass is 16.5. The van der Waals surface area contributed by atoms with Gasteiger partial charge in [-0.1, -0.05) is 60.7 Å². The zero-order valence-electron chi connectivity index (χ0n) is 14.0. The summed E-state index contributed by atoms with van der Waals surface area (Å²) in [6.45, 7) is 0. The van der Waals surface area contributed by atoms with Gasteiger partial charge in [-0.2, -0.15) is 0 Å². The molecule has 25 heavy (non-hydrogen) atoms. The van der Waals surface area contributed by atoms with Crippen molar-refractivity contribution in [1.82, 2.24) is 0 Å². The monoisotopic (exact) mass is 328 g/mol. The molecule has 2 heteroatoms. The van der Waals surface area contributed by atoms with E-state index in [0.717, 1.165) is 28.7 Å². The van der Waals surface area contributed by atoms with E-state index in [-0.39, 0.29) is 11.9 Å². The number of fused-ring (bicyclic) bond motifs is 1. The highest BCUT2D eigenvalue weighted by Gasteiger charge is 2.70. The molecule has 2 aromatic rings. The maximum absolute atomic E-state index is 13.1. The van der Waals surface area contributed by atoms with E-state index < -0.39 is 0 Å². The summed E-state index contributed by atoms with van der Waals surface area (Å²) < 4.78 is 6.02. The van der Waals surface area contributed by atoms with Crippen molar-refractivity contribution in [3.05, 3.63) is 77.4 Å². The largest absolute Gasteiger partial charge is 0.425 e. The second kappa shape index (κ2) is 4.85. The molecule has 5 fully saturated rings. The van der Waals surface area contributed by atoms with E-state index in [1.54, 1.807) is 0 Å². The number of carbonyl (C=O) groups is 1. The minimum Gasteiger partial charge on any atom is -0.425 e. The minimum absolute atomic E-state index is 0.0641.